The summed E-state index contributed by atoms with van der Waals surface area (Å²) in [7, 11) is 0. The Hall–Kier alpha value is 0.459. The zero-order chi connectivity index (χ0) is 20.8. The Morgan fingerprint density at radius 1 is 1.00 bits per heavy atom. The molecular weight excluding hydrogens is 451 g/mol. The SMILES string of the molecule is CCC[CH2][Sn](/[CH]=C1\CO[C@H]2CCC(C)(C)[C@H](CO)[C@@]12C)([CH2]CCC)[CH2]CCC. The van der Waals surface area contributed by atoms with Gasteiger partial charge in [0, 0.05) is 0 Å². The molecule has 3 atom stereocenters. The number of hydrogen-bond donors (Lipinski definition) is 1. The quantitative estimate of drug-likeness (QED) is 0.307. The van der Waals surface area contributed by atoms with Crippen LogP contribution in [-0.4, -0.2) is 42.8 Å². The van der Waals surface area contributed by atoms with Gasteiger partial charge in [0.1, 0.15) is 0 Å². The van der Waals surface area contributed by atoms with Gasteiger partial charge in [0.15, 0.2) is 0 Å². The van der Waals surface area contributed by atoms with Crippen molar-refractivity contribution in [3.63, 3.8) is 0 Å². The van der Waals surface area contributed by atoms with Crippen molar-refractivity contribution in [1.29, 1.82) is 0 Å². The molecule has 2 rings (SSSR count). The van der Waals surface area contributed by atoms with Gasteiger partial charge in [-0.05, 0) is 0 Å². The number of hydrogen-bond acceptors (Lipinski definition) is 2. The second-order valence-electron chi connectivity index (χ2n) is 10.7. The van der Waals surface area contributed by atoms with E-state index in [1.54, 1.807) is 5.57 Å². The molecule has 164 valence electrons. The Morgan fingerprint density at radius 3 is 2.00 bits per heavy atom. The van der Waals surface area contributed by atoms with E-state index in [1.165, 1.54) is 58.3 Å². The molecule has 1 heterocycles. The summed E-state index contributed by atoms with van der Waals surface area (Å²) in [5.74, 6) is 0.319. The van der Waals surface area contributed by atoms with E-state index in [2.05, 4.69) is 45.6 Å². The Kier molecular flexibility index (Phi) is 9.42. The third-order valence-corrected chi connectivity index (χ3v) is 22.6. The summed E-state index contributed by atoms with van der Waals surface area (Å²) in [5.41, 5.74) is 1.84. The van der Waals surface area contributed by atoms with Crippen molar-refractivity contribution in [2.24, 2.45) is 16.7 Å². The van der Waals surface area contributed by atoms with Gasteiger partial charge in [-0.1, -0.05) is 0 Å². The van der Waals surface area contributed by atoms with E-state index >= 15 is 0 Å². The Labute approximate surface area is 179 Å². The van der Waals surface area contributed by atoms with Crippen molar-refractivity contribution in [3.8, 4) is 0 Å². The molecule has 2 fully saturated rings. The zero-order valence-corrected chi connectivity index (χ0v) is 22.6. The fraction of sp³-hybridized carbons (Fsp3) is 0.920. The summed E-state index contributed by atoms with van der Waals surface area (Å²) in [6.07, 6.45) is 10.8. The van der Waals surface area contributed by atoms with Crippen molar-refractivity contribution in [2.45, 2.75) is 112 Å². The molecule has 0 aromatic rings. The first-order valence-electron chi connectivity index (χ1n) is 12.2. The number of fused-ring (bicyclic) bond motifs is 1. The molecule has 0 aromatic carbocycles. The molecule has 0 radical (unpaired) electrons. The van der Waals surface area contributed by atoms with Gasteiger partial charge in [0.05, 0.1) is 0 Å². The van der Waals surface area contributed by atoms with E-state index in [0.717, 1.165) is 13.0 Å². The molecule has 1 saturated carbocycles. The van der Waals surface area contributed by atoms with Crippen LogP contribution in [0.2, 0.25) is 13.3 Å². The number of ether oxygens (including phenoxy) is 1. The normalized spacial score (nSPS) is 31.3. The molecule has 0 spiro atoms. The van der Waals surface area contributed by atoms with Crippen LogP contribution in [0.3, 0.4) is 0 Å². The Balaban J connectivity index is 2.44. The average Bonchev–Trinajstić information content (AvgIpc) is 2.98. The van der Waals surface area contributed by atoms with Crippen molar-refractivity contribution in [2.75, 3.05) is 13.2 Å². The van der Waals surface area contributed by atoms with Crippen LogP contribution in [0.4, 0.5) is 0 Å². The molecule has 1 N–H and O–H groups in total. The summed E-state index contributed by atoms with van der Waals surface area (Å²) in [6.45, 7) is 15.4. The zero-order valence-electron chi connectivity index (χ0n) is 19.8. The van der Waals surface area contributed by atoms with Gasteiger partial charge in [-0.3, -0.25) is 0 Å². The number of rotatable bonds is 11. The minimum absolute atomic E-state index is 0.0450. The molecule has 2 aliphatic rings. The van der Waals surface area contributed by atoms with Gasteiger partial charge in [-0.2, -0.15) is 0 Å². The number of aliphatic hydroxyl groups excluding tert-OH is 1. The van der Waals surface area contributed by atoms with E-state index in [9.17, 15) is 5.11 Å². The monoisotopic (exact) mass is 500 g/mol. The van der Waals surface area contributed by atoms with Crippen LogP contribution in [0.5, 0.6) is 0 Å². The van der Waals surface area contributed by atoms with Crippen LogP contribution in [0.1, 0.15) is 92.9 Å². The number of unbranched alkanes of at least 4 members (excludes halogenated alkanes) is 3. The summed E-state index contributed by atoms with van der Waals surface area (Å²) >= 11 is -2.37. The molecule has 28 heavy (non-hydrogen) atoms. The van der Waals surface area contributed by atoms with Gasteiger partial charge in [-0.15, -0.1) is 0 Å². The van der Waals surface area contributed by atoms with Gasteiger partial charge in [0.2, 0.25) is 0 Å². The van der Waals surface area contributed by atoms with Crippen LogP contribution in [0, 0.1) is 16.7 Å². The van der Waals surface area contributed by atoms with E-state index < -0.39 is 18.4 Å². The van der Waals surface area contributed by atoms with Gasteiger partial charge >= 0.3 is 180 Å². The van der Waals surface area contributed by atoms with Crippen LogP contribution in [-0.2, 0) is 4.74 Å². The van der Waals surface area contributed by atoms with Crippen molar-refractivity contribution in [1.82, 2.24) is 0 Å². The predicted octanol–water partition coefficient (Wildman–Crippen LogP) is 7.13. The topological polar surface area (TPSA) is 29.5 Å². The molecule has 3 heteroatoms. The van der Waals surface area contributed by atoms with Crippen molar-refractivity contribution < 1.29 is 9.84 Å². The van der Waals surface area contributed by atoms with Gasteiger partial charge in [-0.25, -0.2) is 0 Å². The first-order valence-corrected chi connectivity index (χ1v) is 19.9. The second kappa shape index (κ2) is 10.7. The second-order valence-corrected chi connectivity index (χ2v) is 23.6. The molecule has 1 saturated heterocycles. The van der Waals surface area contributed by atoms with Crippen molar-refractivity contribution >= 4 is 18.4 Å². The predicted molar refractivity (Wildman–Crippen MR) is 124 cm³/mol. The van der Waals surface area contributed by atoms with Crippen LogP contribution in [0.25, 0.3) is 0 Å². The molecule has 0 amide bonds. The maximum absolute atomic E-state index is 10.4. The summed E-state index contributed by atoms with van der Waals surface area (Å²) in [4.78, 5) is 0. The first kappa shape index (κ1) is 24.7. The Morgan fingerprint density at radius 2 is 1.54 bits per heavy atom. The fourth-order valence-corrected chi connectivity index (χ4v) is 21.9. The molecule has 0 bridgehead atoms. The summed E-state index contributed by atoms with van der Waals surface area (Å²) < 4.78 is 13.9. The van der Waals surface area contributed by atoms with E-state index in [0.29, 0.717) is 18.6 Å². The van der Waals surface area contributed by atoms with Crippen LogP contribution < -0.4 is 0 Å². The Bertz CT molecular complexity index is 491. The van der Waals surface area contributed by atoms with Crippen LogP contribution >= 0.6 is 0 Å². The van der Waals surface area contributed by atoms with E-state index in [-0.39, 0.29) is 10.8 Å². The third-order valence-electron chi connectivity index (χ3n) is 8.27. The molecule has 0 aromatic heterocycles. The number of aliphatic hydroxyl groups is 1. The van der Waals surface area contributed by atoms with Crippen molar-refractivity contribution in [3.05, 3.63) is 9.67 Å². The van der Waals surface area contributed by atoms with E-state index in [1.807, 2.05) is 0 Å². The van der Waals surface area contributed by atoms with E-state index in [4.69, 9.17) is 4.74 Å². The average molecular weight is 499 g/mol. The summed E-state index contributed by atoms with van der Waals surface area (Å²) in [6, 6.07) is 0. The first-order chi connectivity index (χ1) is 13.3. The summed E-state index contributed by atoms with van der Waals surface area (Å²) in [5, 5.41) is 10.4. The van der Waals surface area contributed by atoms with Gasteiger partial charge in [0.25, 0.3) is 0 Å². The molecule has 1 aliphatic heterocycles. The molecule has 1 aliphatic carbocycles. The fourth-order valence-electron chi connectivity index (χ4n) is 6.23. The third kappa shape index (κ3) is 5.19. The maximum atomic E-state index is 10.4. The standard InChI is InChI=1S/C13H21O2.3C4H9.Sn/c1-9-8-15-11-5-6-12(2,3)10(7-14)13(9,11)4;3*1-3-4-2;/h1,10-11,14H,5-8H2,2-4H3;3*1,3-4H2,2H3;/t10-,11-,13+;;;;/m0..../s1. The van der Waals surface area contributed by atoms with Crippen LogP contribution in [0.15, 0.2) is 9.67 Å². The molecule has 2 nitrogen and oxygen atoms in total. The minimum atomic E-state index is -2.37. The van der Waals surface area contributed by atoms with Gasteiger partial charge < -0.3 is 0 Å². The molecular formula is C25H48O2Sn. The molecule has 0 unspecified atom stereocenters.